The summed E-state index contributed by atoms with van der Waals surface area (Å²) >= 11 is 0. The van der Waals surface area contributed by atoms with Crippen molar-refractivity contribution in [3.05, 3.63) is 11.6 Å². The molecule has 0 radical (unpaired) electrons. The monoisotopic (exact) mass is 274 g/mol. The maximum absolute atomic E-state index is 11.8. The molecule has 0 spiro atoms. The number of aliphatic hydroxyl groups is 1. The van der Waals surface area contributed by atoms with Crippen LogP contribution in [0.2, 0.25) is 0 Å². The second-order valence-corrected chi connectivity index (χ2v) is 7.94. The smallest absolute Gasteiger partial charge is 0.155 e. The number of rotatable bonds is 0. The molecule has 0 aromatic heterocycles. The zero-order valence-corrected chi connectivity index (χ0v) is 12.5. The Hall–Kier alpha value is -0.630. The van der Waals surface area contributed by atoms with Gasteiger partial charge in [-0.3, -0.25) is 4.79 Å². The molecule has 4 rings (SSSR count). The van der Waals surface area contributed by atoms with Crippen molar-refractivity contribution >= 4 is 5.78 Å². The van der Waals surface area contributed by atoms with E-state index in [0.717, 1.165) is 31.6 Å². The summed E-state index contributed by atoms with van der Waals surface area (Å²) in [4.78, 5) is 11.8. The highest BCUT2D eigenvalue weighted by molar-refractivity contribution is 5.91. The van der Waals surface area contributed by atoms with Gasteiger partial charge in [0.1, 0.15) is 0 Å². The number of fused-ring (bicyclic) bond motifs is 5. The Labute approximate surface area is 121 Å². The van der Waals surface area contributed by atoms with Crippen molar-refractivity contribution in [1.29, 1.82) is 0 Å². The van der Waals surface area contributed by atoms with Crippen LogP contribution in [0.4, 0.5) is 0 Å². The molecule has 0 amide bonds. The van der Waals surface area contributed by atoms with Gasteiger partial charge in [-0.15, -0.1) is 0 Å². The molecule has 3 fully saturated rings. The van der Waals surface area contributed by atoms with E-state index >= 15 is 0 Å². The van der Waals surface area contributed by atoms with E-state index in [4.69, 9.17) is 0 Å². The lowest BCUT2D eigenvalue weighted by Gasteiger charge is -2.52. The standard InChI is InChI=1S/C18H26O2/c1-18-9-8-13-14(16(18)6-7-17(18)20)5-3-11-2-4-12(19)10-15(11)13/h10-11,13-14,16-17,20H,2-9H2,1H3/t11-,13+,14-,16+,17+,18+/m1/s1. The highest BCUT2D eigenvalue weighted by atomic mass is 16.3. The average Bonchev–Trinajstić information content (AvgIpc) is 2.74. The van der Waals surface area contributed by atoms with Crippen LogP contribution in [0.3, 0.4) is 0 Å². The Bertz CT molecular complexity index is 466. The van der Waals surface area contributed by atoms with Gasteiger partial charge >= 0.3 is 0 Å². The second kappa shape index (κ2) is 4.43. The minimum Gasteiger partial charge on any atom is -0.393 e. The average molecular weight is 274 g/mol. The maximum Gasteiger partial charge on any atom is 0.155 e. The third-order valence-corrected chi connectivity index (χ3v) is 7.20. The molecular weight excluding hydrogens is 248 g/mol. The van der Waals surface area contributed by atoms with Crippen LogP contribution >= 0.6 is 0 Å². The number of ketones is 1. The second-order valence-electron chi connectivity index (χ2n) is 7.94. The van der Waals surface area contributed by atoms with Gasteiger partial charge in [0.05, 0.1) is 6.10 Å². The van der Waals surface area contributed by atoms with E-state index in [0.29, 0.717) is 23.5 Å². The molecule has 4 aliphatic rings. The molecule has 4 aliphatic carbocycles. The van der Waals surface area contributed by atoms with Crippen LogP contribution in [0.1, 0.15) is 58.3 Å². The fourth-order valence-corrected chi connectivity index (χ4v) is 6.05. The molecule has 2 nitrogen and oxygen atoms in total. The SMILES string of the molecule is C[C@]12CC[C@@H]3C4=CC(=O)CC[C@@H]4CC[C@H]3[C@@H]1CC[C@@H]2O. The van der Waals surface area contributed by atoms with E-state index in [2.05, 4.69) is 6.92 Å². The molecular formula is C18H26O2. The van der Waals surface area contributed by atoms with Crippen molar-refractivity contribution in [2.24, 2.45) is 29.1 Å². The molecule has 3 saturated carbocycles. The van der Waals surface area contributed by atoms with Gasteiger partial charge in [0.15, 0.2) is 5.78 Å². The normalized spacial score (nSPS) is 51.0. The number of carbonyl (C=O) groups is 1. The summed E-state index contributed by atoms with van der Waals surface area (Å²) in [5, 5.41) is 10.4. The van der Waals surface area contributed by atoms with Crippen LogP contribution < -0.4 is 0 Å². The number of hydrogen-bond donors (Lipinski definition) is 1. The zero-order chi connectivity index (χ0) is 13.9. The van der Waals surface area contributed by atoms with Crippen LogP contribution in [0.5, 0.6) is 0 Å². The third kappa shape index (κ3) is 1.70. The van der Waals surface area contributed by atoms with Gasteiger partial charge in [-0.25, -0.2) is 0 Å². The molecule has 1 N–H and O–H groups in total. The van der Waals surface area contributed by atoms with Crippen molar-refractivity contribution in [3.63, 3.8) is 0 Å². The summed E-state index contributed by atoms with van der Waals surface area (Å²) in [7, 11) is 0. The predicted molar refractivity (Wildman–Crippen MR) is 78.1 cm³/mol. The summed E-state index contributed by atoms with van der Waals surface area (Å²) in [6, 6.07) is 0. The lowest BCUT2D eigenvalue weighted by atomic mass is 9.53. The van der Waals surface area contributed by atoms with Crippen LogP contribution in [-0.4, -0.2) is 17.0 Å². The summed E-state index contributed by atoms with van der Waals surface area (Å²) in [6.45, 7) is 2.32. The number of hydrogen-bond acceptors (Lipinski definition) is 2. The molecule has 110 valence electrons. The lowest BCUT2D eigenvalue weighted by Crippen LogP contribution is -2.46. The van der Waals surface area contributed by atoms with Crippen molar-refractivity contribution in [2.75, 3.05) is 0 Å². The largest absolute Gasteiger partial charge is 0.393 e. The minimum absolute atomic E-state index is 0.0897. The van der Waals surface area contributed by atoms with E-state index < -0.39 is 0 Å². The van der Waals surface area contributed by atoms with Crippen LogP contribution in [0, 0.1) is 29.1 Å². The zero-order valence-electron chi connectivity index (χ0n) is 12.5. The van der Waals surface area contributed by atoms with E-state index in [9.17, 15) is 9.90 Å². The fourth-order valence-electron chi connectivity index (χ4n) is 6.05. The molecule has 0 bridgehead atoms. The predicted octanol–water partition coefficient (Wildman–Crippen LogP) is 3.49. The van der Waals surface area contributed by atoms with E-state index in [1.54, 1.807) is 0 Å². The van der Waals surface area contributed by atoms with Gasteiger partial charge in [-0.2, -0.15) is 0 Å². The third-order valence-electron chi connectivity index (χ3n) is 7.20. The topological polar surface area (TPSA) is 37.3 Å². The van der Waals surface area contributed by atoms with Gasteiger partial charge in [-0.1, -0.05) is 12.5 Å². The number of allylic oxidation sites excluding steroid dienone is 2. The fraction of sp³-hybridized carbons (Fsp3) is 0.833. The first-order valence-corrected chi connectivity index (χ1v) is 8.52. The molecule has 0 heterocycles. The van der Waals surface area contributed by atoms with Crippen molar-refractivity contribution < 1.29 is 9.90 Å². The van der Waals surface area contributed by atoms with E-state index in [1.807, 2.05) is 6.08 Å². The number of aliphatic hydroxyl groups excluding tert-OH is 1. The molecule has 20 heavy (non-hydrogen) atoms. The Morgan fingerprint density at radius 1 is 1.15 bits per heavy atom. The molecule has 0 unspecified atom stereocenters. The van der Waals surface area contributed by atoms with Gasteiger partial charge in [0, 0.05) is 6.42 Å². The maximum atomic E-state index is 11.8. The first-order valence-electron chi connectivity index (χ1n) is 8.52. The molecule has 6 atom stereocenters. The minimum atomic E-state index is -0.0897. The molecule has 0 aliphatic heterocycles. The summed E-state index contributed by atoms with van der Waals surface area (Å²) < 4.78 is 0. The summed E-state index contributed by atoms with van der Waals surface area (Å²) in [6.07, 6.45) is 10.9. The Kier molecular flexibility index (Phi) is 2.89. The van der Waals surface area contributed by atoms with Crippen molar-refractivity contribution in [3.8, 4) is 0 Å². The van der Waals surface area contributed by atoms with Crippen molar-refractivity contribution in [1.82, 2.24) is 0 Å². The molecule has 0 aromatic rings. The first-order chi connectivity index (χ1) is 9.59. The molecule has 0 saturated heterocycles. The van der Waals surface area contributed by atoms with Gasteiger partial charge < -0.3 is 5.11 Å². The van der Waals surface area contributed by atoms with Crippen LogP contribution in [0.15, 0.2) is 11.6 Å². The van der Waals surface area contributed by atoms with Crippen LogP contribution in [-0.2, 0) is 4.79 Å². The Morgan fingerprint density at radius 2 is 2.00 bits per heavy atom. The van der Waals surface area contributed by atoms with E-state index in [1.165, 1.54) is 31.3 Å². The van der Waals surface area contributed by atoms with Gasteiger partial charge in [-0.05, 0) is 80.1 Å². The summed E-state index contributed by atoms with van der Waals surface area (Å²) in [5.41, 5.74) is 1.66. The lowest BCUT2D eigenvalue weighted by molar-refractivity contribution is -0.115. The van der Waals surface area contributed by atoms with Crippen molar-refractivity contribution in [2.45, 2.75) is 64.4 Å². The van der Waals surface area contributed by atoms with Crippen LogP contribution in [0.25, 0.3) is 0 Å². The number of carbonyl (C=O) groups excluding carboxylic acids is 1. The first kappa shape index (κ1) is 13.1. The Morgan fingerprint density at radius 3 is 2.85 bits per heavy atom. The summed E-state index contributed by atoms with van der Waals surface area (Å²) in [5.74, 6) is 3.14. The highest BCUT2D eigenvalue weighted by Crippen LogP contribution is 2.61. The highest BCUT2D eigenvalue weighted by Gasteiger charge is 2.55. The quantitative estimate of drug-likeness (QED) is 0.734. The van der Waals surface area contributed by atoms with Gasteiger partial charge in [0.25, 0.3) is 0 Å². The molecule has 0 aromatic carbocycles. The van der Waals surface area contributed by atoms with E-state index in [-0.39, 0.29) is 11.5 Å². The van der Waals surface area contributed by atoms with Gasteiger partial charge in [0.2, 0.25) is 0 Å². The molecule has 2 heteroatoms. The Balaban J connectivity index is 1.66.